The molecule has 2 nitrogen and oxygen atoms in total. The van der Waals surface area contributed by atoms with E-state index in [4.69, 9.17) is 0 Å². The summed E-state index contributed by atoms with van der Waals surface area (Å²) in [7, 11) is 0. The quantitative estimate of drug-likeness (QED) is 0.181. The smallest absolute Gasteiger partial charge is 0.146 e. The minimum atomic E-state index is -0.819. The van der Waals surface area contributed by atoms with Crippen LogP contribution < -0.4 is 0 Å². The molecule has 220 valence electrons. The van der Waals surface area contributed by atoms with Crippen LogP contribution in [0, 0.1) is 32.5 Å². The van der Waals surface area contributed by atoms with Crippen LogP contribution in [0.3, 0.4) is 0 Å². The number of rotatable bonds is 16. The Morgan fingerprint density at radius 1 is 0.525 bits per heavy atom. The number of carbonyl (C=O) groups is 2. The van der Waals surface area contributed by atoms with Gasteiger partial charge in [0, 0.05) is 32.5 Å². The molecule has 0 aromatic heterocycles. The Hall–Kier alpha value is -2.22. The third-order valence-electron chi connectivity index (χ3n) is 10.4. The molecule has 0 amide bonds. The molecule has 3 aliphatic carbocycles. The van der Waals surface area contributed by atoms with Crippen molar-refractivity contribution in [3.63, 3.8) is 0 Å². The SMILES string of the molecule is CCCCC1(C(C2(CCCC)C=CC=C2)(C2(CCCC)C=CC=C2)C(C)(C)C(=O)CC(=O)C(C)(C)C)C=CC=C1. The highest BCUT2D eigenvalue weighted by atomic mass is 16.2. The van der Waals surface area contributed by atoms with Crippen molar-refractivity contribution in [1.29, 1.82) is 0 Å². The van der Waals surface area contributed by atoms with Gasteiger partial charge >= 0.3 is 0 Å². The molecule has 2 heteroatoms. The van der Waals surface area contributed by atoms with Crippen molar-refractivity contribution in [1.82, 2.24) is 0 Å². The highest BCUT2D eigenvalue weighted by molar-refractivity contribution is 6.04. The fourth-order valence-corrected chi connectivity index (χ4v) is 8.64. The van der Waals surface area contributed by atoms with Gasteiger partial charge in [0.15, 0.2) is 0 Å². The van der Waals surface area contributed by atoms with Gasteiger partial charge in [-0.2, -0.15) is 0 Å². The summed E-state index contributed by atoms with van der Waals surface area (Å²) in [6.07, 6.45) is 37.4. The molecule has 40 heavy (non-hydrogen) atoms. The van der Waals surface area contributed by atoms with Crippen molar-refractivity contribution >= 4 is 11.6 Å². The van der Waals surface area contributed by atoms with E-state index in [1.165, 1.54) is 0 Å². The van der Waals surface area contributed by atoms with E-state index in [0.29, 0.717) is 0 Å². The Morgan fingerprint density at radius 3 is 1.07 bits per heavy atom. The maximum atomic E-state index is 14.9. The van der Waals surface area contributed by atoms with Gasteiger partial charge < -0.3 is 0 Å². The van der Waals surface area contributed by atoms with Gasteiger partial charge in [-0.1, -0.05) is 167 Å². The highest BCUT2D eigenvalue weighted by Crippen LogP contribution is 2.77. The molecule has 0 N–H and O–H groups in total. The van der Waals surface area contributed by atoms with Crippen molar-refractivity contribution in [2.75, 3.05) is 0 Å². The van der Waals surface area contributed by atoms with E-state index in [1.807, 2.05) is 20.8 Å². The summed E-state index contributed by atoms with van der Waals surface area (Å²) in [6, 6.07) is 0. The molecular weight excluding hydrogens is 488 g/mol. The molecule has 0 bridgehead atoms. The summed E-state index contributed by atoms with van der Waals surface area (Å²) in [6.45, 7) is 17.0. The molecule has 0 heterocycles. The summed E-state index contributed by atoms with van der Waals surface area (Å²) in [5, 5.41) is 0. The van der Waals surface area contributed by atoms with Gasteiger partial charge in [0.05, 0.1) is 6.42 Å². The predicted octanol–water partition coefficient (Wildman–Crippen LogP) is 10.5. The second-order valence-corrected chi connectivity index (χ2v) is 14.2. The molecular formula is C38H56O2. The van der Waals surface area contributed by atoms with Gasteiger partial charge in [-0.3, -0.25) is 9.59 Å². The molecule has 0 spiro atoms. The fourth-order valence-electron chi connectivity index (χ4n) is 8.64. The van der Waals surface area contributed by atoms with Gasteiger partial charge in [0.1, 0.15) is 11.6 Å². The van der Waals surface area contributed by atoms with E-state index in [-0.39, 0.29) is 34.2 Å². The fraction of sp³-hybridized carbons (Fsp3) is 0.632. The molecule has 0 saturated carbocycles. The Kier molecular flexibility index (Phi) is 9.96. The largest absolute Gasteiger partial charge is 0.299 e. The van der Waals surface area contributed by atoms with E-state index in [2.05, 4.69) is 108 Å². The van der Waals surface area contributed by atoms with Crippen LogP contribution in [0.15, 0.2) is 72.9 Å². The van der Waals surface area contributed by atoms with E-state index >= 15 is 0 Å². The standard InChI is InChI=1S/C38H56O2/c1-9-12-21-35(24-15-16-25-35)38(36(22-13-10-2)26-17-18-27-36,37(23-14-11-3)28-19-20-29-37)34(7,8)32(40)30-31(39)33(4,5)6/h15-20,24-29H,9-14,21-23,30H2,1-8H3. The molecule has 0 radical (unpaired) electrons. The van der Waals surface area contributed by atoms with Gasteiger partial charge in [-0.25, -0.2) is 0 Å². The van der Waals surface area contributed by atoms with Crippen LogP contribution in [-0.2, 0) is 9.59 Å². The lowest BCUT2D eigenvalue weighted by Crippen LogP contribution is -2.68. The van der Waals surface area contributed by atoms with Crippen molar-refractivity contribution < 1.29 is 9.59 Å². The molecule has 3 rings (SSSR count). The predicted molar refractivity (Wildman–Crippen MR) is 171 cm³/mol. The van der Waals surface area contributed by atoms with Crippen LogP contribution in [0.25, 0.3) is 0 Å². The molecule has 0 aliphatic heterocycles. The van der Waals surface area contributed by atoms with Crippen molar-refractivity contribution in [2.45, 2.75) is 120 Å². The van der Waals surface area contributed by atoms with Crippen LogP contribution in [-0.4, -0.2) is 11.6 Å². The van der Waals surface area contributed by atoms with Crippen molar-refractivity contribution in [2.24, 2.45) is 32.5 Å². The second kappa shape index (κ2) is 12.3. The van der Waals surface area contributed by atoms with E-state index in [1.54, 1.807) is 0 Å². The van der Waals surface area contributed by atoms with Gasteiger partial charge in [-0.05, 0) is 19.3 Å². The molecule has 0 fully saturated rings. The first-order valence-corrected chi connectivity index (χ1v) is 16.0. The van der Waals surface area contributed by atoms with Crippen LogP contribution >= 0.6 is 0 Å². The lowest BCUT2D eigenvalue weighted by Gasteiger charge is -2.70. The zero-order valence-electron chi connectivity index (χ0n) is 26.8. The first kappa shape index (κ1) is 32.3. The molecule has 0 saturated heterocycles. The molecule has 0 atom stereocenters. The van der Waals surface area contributed by atoms with Gasteiger partial charge in [-0.15, -0.1) is 0 Å². The Labute approximate surface area is 245 Å². The van der Waals surface area contributed by atoms with Crippen molar-refractivity contribution in [3.05, 3.63) is 72.9 Å². The minimum Gasteiger partial charge on any atom is -0.299 e. The topological polar surface area (TPSA) is 34.1 Å². The monoisotopic (exact) mass is 544 g/mol. The van der Waals surface area contributed by atoms with E-state index < -0.39 is 16.2 Å². The number of allylic oxidation sites excluding steroid dienone is 12. The summed E-state index contributed by atoms with van der Waals surface area (Å²) >= 11 is 0. The Bertz CT molecular complexity index is 961. The number of carbonyl (C=O) groups excluding carboxylic acids is 2. The lowest BCUT2D eigenvalue weighted by atomic mass is 9.31. The second-order valence-electron chi connectivity index (χ2n) is 14.2. The summed E-state index contributed by atoms with van der Waals surface area (Å²) in [4.78, 5) is 28.4. The number of hydrogen-bond donors (Lipinski definition) is 0. The zero-order chi connectivity index (χ0) is 29.7. The van der Waals surface area contributed by atoms with Crippen LogP contribution in [0.2, 0.25) is 0 Å². The number of ketones is 2. The lowest BCUT2D eigenvalue weighted by molar-refractivity contribution is -0.178. The highest BCUT2D eigenvalue weighted by Gasteiger charge is 2.74. The van der Waals surface area contributed by atoms with Crippen LogP contribution in [0.1, 0.15) is 120 Å². The summed E-state index contributed by atoms with van der Waals surface area (Å²) in [5.74, 6) is 0.103. The average Bonchev–Trinajstić information content (AvgIpc) is 3.68. The summed E-state index contributed by atoms with van der Waals surface area (Å²) < 4.78 is 0. The third kappa shape index (κ3) is 5.14. The van der Waals surface area contributed by atoms with Gasteiger partial charge in [0.25, 0.3) is 0 Å². The van der Waals surface area contributed by atoms with Crippen molar-refractivity contribution in [3.8, 4) is 0 Å². The summed E-state index contributed by atoms with van der Waals surface area (Å²) in [5.41, 5.74) is -3.00. The number of unbranched alkanes of at least 4 members (excludes halogenated alkanes) is 3. The maximum absolute atomic E-state index is 14.9. The molecule has 0 aromatic rings. The van der Waals surface area contributed by atoms with E-state index in [0.717, 1.165) is 57.8 Å². The number of hydrogen-bond acceptors (Lipinski definition) is 2. The van der Waals surface area contributed by atoms with E-state index in [9.17, 15) is 9.59 Å². The zero-order valence-corrected chi connectivity index (χ0v) is 26.8. The Balaban J connectivity index is 2.51. The first-order chi connectivity index (χ1) is 18.9. The minimum absolute atomic E-state index is 0.0237. The third-order valence-corrected chi connectivity index (χ3v) is 10.4. The van der Waals surface area contributed by atoms with Crippen LogP contribution in [0.4, 0.5) is 0 Å². The molecule has 0 unspecified atom stereocenters. The first-order valence-electron chi connectivity index (χ1n) is 16.0. The molecule has 3 aliphatic rings. The van der Waals surface area contributed by atoms with Crippen LogP contribution in [0.5, 0.6) is 0 Å². The number of Topliss-reactive ketones (excluding diaryl/α,β-unsaturated/α-hetero) is 2. The Morgan fingerprint density at radius 2 is 0.825 bits per heavy atom. The maximum Gasteiger partial charge on any atom is 0.146 e. The van der Waals surface area contributed by atoms with Gasteiger partial charge in [0.2, 0.25) is 0 Å². The average molecular weight is 545 g/mol. The normalized spacial score (nSPS) is 20.2. The molecule has 0 aromatic carbocycles.